The van der Waals surface area contributed by atoms with E-state index in [1.165, 1.54) is 11.0 Å². The molecule has 40 heavy (non-hydrogen) atoms. The van der Waals surface area contributed by atoms with Crippen LogP contribution in [0.15, 0.2) is 66.2 Å². The van der Waals surface area contributed by atoms with Gasteiger partial charge in [-0.15, -0.1) is 0 Å². The first-order valence-electron chi connectivity index (χ1n) is 13.1. The highest BCUT2D eigenvalue weighted by Crippen LogP contribution is 2.43. The molecule has 1 fully saturated rings. The molecule has 3 aromatic carbocycles. The third-order valence-corrected chi connectivity index (χ3v) is 6.91. The Morgan fingerprint density at radius 2 is 1.70 bits per heavy atom. The zero-order valence-electron chi connectivity index (χ0n) is 23.6. The molecule has 0 aromatic heterocycles. The third kappa shape index (κ3) is 5.47. The smallest absolute Gasteiger partial charge is 0.295 e. The number of carbonyl (C=O) groups excluding carboxylic acids is 2. The minimum Gasteiger partial charge on any atom is -0.507 e. The Morgan fingerprint density at radius 3 is 2.35 bits per heavy atom. The Balaban J connectivity index is 1.92. The van der Waals surface area contributed by atoms with Crippen LogP contribution in [0.25, 0.3) is 5.76 Å². The lowest BCUT2D eigenvalue weighted by molar-refractivity contribution is -0.140. The van der Waals surface area contributed by atoms with E-state index in [-0.39, 0.29) is 34.8 Å². The Labute approximate surface area is 234 Å². The van der Waals surface area contributed by atoms with Gasteiger partial charge in [-0.25, -0.2) is 0 Å². The number of aliphatic hydroxyl groups is 1. The molecule has 0 saturated carbocycles. The van der Waals surface area contributed by atoms with Crippen molar-refractivity contribution in [3.05, 3.63) is 88.5 Å². The topological polar surface area (TPSA) is 106 Å². The molecular formula is C32H35NO7. The van der Waals surface area contributed by atoms with E-state index in [0.717, 1.165) is 11.1 Å². The maximum atomic E-state index is 13.6. The second-order valence-electron chi connectivity index (χ2n) is 10.6. The summed E-state index contributed by atoms with van der Waals surface area (Å²) < 4.78 is 16.5. The molecule has 0 radical (unpaired) electrons. The predicted octanol–water partition coefficient (Wildman–Crippen LogP) is 5.73. The van der Waals surface area contributed by atoms with Gasteiger partial charge in [0.05, 0.1) is 32.4 Å². The van der Waals surface area contributed by atoms with Crippen molar-refractivity contribution in [2.45, 2.75) is 45.7 Å². The number of ether oxygens (including phenoxy) is 3. The minimum absolute atomic E-state index is 0.0499. The van der Waals surface area contributed by atoms with Crippen LogP contribution in [-0.2, 0) is 21.5 Å². The summed E-state index contributed by atoms with van der Waals surface area (Å²) in [6.45, 7) is 8.25. The number of methoxy groups -OCH3 is 2. The van der Waals surface area contributed by atoms with Crippen LogP contribution in [0.2, 0.25) is 0 Å². The van der Waals surface area contributed by atoms with Crippen molar-refractivity contribution >= 4 is 17.4 Å². The van der Waals surface area contributed by atoms with Crippen molar-refractivity contribution in [1.82, 2.24) is 4.90 Å². The SMILES string of the molecule is CCOc1cc(C2/C(=C(\O)c3ccc(OC)c(C(C)(C)C)c3)C(=O)C(=O)N2Cc2cccc(OC)c2)ccc1O. The standard InChI is InChI=1S/C32H35NO7/c1-7-40-26-17-20(11-13-24(26)34)28-27(29(35)21-12-14-25(39-6)23(16-21)32(2,3)4)30(36)31(37)33(28)18-19-9-8-10-22(15-19)38-5/h8-17,28,34-35H,7,18H2,1-6H3/b29-27+. The monoisotopic (exact) mass is 545 g/mol. The third-order valence-electron chi connectivity index (χ3n) is 6.91. The zero-order chi connectivity index (χ0) is 29.2. The molecule has 8 heteroatoms. The molecule has 0 spiro atoms. The van der Waals surface area contributed by atoms with E-state index < -0.39 is 17.7 Å². The summed E-state index contributed by atoms with van der Waals surface area (Å²) in [7, 11) is 3.13. The first kappa shape index (κ1) is 28.5. The average Bonchev–Trinajstić information content (AvgIpc) is 3.18. The number of benzene rings is 3. The van der Waals surface area contributed by atoms with Crippen LogP contribution >= 0.6 is 0 Å². The van der Waals surface area contributed by atoms with Crippen molar-refractivity contribution in [1.29, 1.82) is 0 Å². The molecule has 210 valence electrons. The summed E-state index contributed by atoms with van der Waals surface area (Å²) in [5.41, 5.74) is 2.11. The maximum Gasteiger partial charge on any atom is 0.295 e. The van der Waals surface area contributed by atoms with Crippen LogP contribution in [-0.4, -0.2) is 47.6 Å². The van der Waals surface area contributed by atoms with Crippen molar-refractivity contribution in [3.63, 3.8) is 0 Å². The molecule has 1 heterocycles. The van der Waals surface area contributed by atoms with Gasteiger partial charge in [-0.2, -0.15) is 0 Å². The Hall–Kier alpha value is -4.46. The molecule has 1 unspecified atom stereocenters. The summed E-state index contributed by atoms with van der Waals surface area (Å²) in [4.78, 5) is 28.5. The molecule has 0 bridgehead atoms. The highest BCUT2D eigenvalue weighted by Gasteiger charge is 2.46. The van der Waals surface area contributed by atoms with Crippen molar-refractivity contribution in [2.24, 2.45) is 0 Å². The number of rotatable bonds is 8. The number of phenols is 1. The van der Waals surface area contributed by atoms with Crippen molar-refractivity contribution in [3.8, 4) is 23.0 Å². The summed E-state index contributed by atoms with van der Waals surface area (Å²) in [5, 5.41) is 21.9. The molecule has 1 atom stereocenters. The summed E-state index contributed by atoms with van der Waals surface area (Å²) in [6.07, 6.45) is 0. The lowest BCUT2D eigenvalue weighted by Gasteiger charge is -2.26. The number of hydrogen-bond acceptors (Lipinski definition) is 7. The number of nitrogens with zero attached hydrogens (tertiary/aromatic N) is 1. The van der Waals surface area contributed by atoms with E-state index >= 15 is 0 Å². The van der Waals surface area contributed by atoms with Crippen LogP contribution in [0.3, 0.4) is 0 Å². The van der Waals surface area contributed by atoms with E-state index in [4.69, 9.17) is 14.2 Å². The number of aromatic hydroxyl groups is 1. The van der Waals surface area contributed by atoms with E-state index in [9.17, 15) is 19.8 Å². The molecule has 1 amide bonds. The fraction of sp³-hybridized carbons (Fsp3) is 0.312. The van der Waals surface area contributed by atoms with Gasteiger partial charge in [0.25, 0.3) is 11.7 Å². The number of phenolic OH excluding ortho intramolecular Hbond substituents is 1. The summed E-state index contributed by atoms with van der Waals surface area (Å²) >= 11 is 0. The van der Waals surface area contributed by atoms with Crippen LogP contribution in [0, 0.1) is 0 Å². The van der Waals surface area contributed by atoms with Gasteiger partial charge in [-0.1, -0.05) is 39.0 Å². The number of carbonyl (C=O) groups is 2. The second-order valence-corrected chi connectivity index (χ2v) is 10.6. The maximum absolute atomic E-state index is 13.6. The van der Waals surface area contributed by atoms with E-state index in [2.05, 4.69) is 0 Å². The predicted molar refractivity (Wildman–Crippen MR) is 152 cm³/mol. The normalized spacial score (nSPS) is 16.8. The van der Waals surface area contributed by atoms with Gasteiger partial charge in [-0.05, 0) is 65.9 Å². The number of likely N-dealkylation sites (tertiary alicyclic amines) is 1. The Bertz CT molecular complexity index is 1470. The number of amides is 1. The molecule has 1 saturated heterocycles. The number of ketones is 1. The first-order valence-corrected chi connectivity index (χ1v) is 13.1. The molecule has 0 aliphatic carbocycles. The van der Waals surface area contributed by atoms with Crippen LogP contribution in [0.1, 0.15) is 56.0 Å². The molecule has 4 rings (SSSR count). The van der Waals surface area contributed by atoms with Gasteiger partial charge in [0.15, 0.2) is 11.5 Å². The highest BCUT2D eigenvalue weighted by molar-refractivity contribution is 6.46. The Kier molecular flexibility index (Phi) is 8.09. The van der Waals surface area contributed by atoms with Gasteiger partial charge in [-0.3, -0.25) is 9.59 Å². The quantitative estimate of drug-likeness (QED) is 0.212. The highest BCUT2D eigenvalue weighted by atomic mass is 16.5. The van der Waals surface area contributed by atoms with Crippen LogP contribution in [0.4, 0.5) is 0 Å². The lowest BCUT2D eigenvalue weighted by Crippen LogP contribution is -2.29. The fourth-order valence-corrected chi connectivity index (χ4v) is 4.93. The van der Waals surface area contributed by atoms with E-state index in [1.807, 2.05) is 26.8 Å². The van der Waals surface area contributed by atoms with Gasteiger partial charge < -0.3 is 29.3 Å². The zero-order valence-corrected chi connectivity index (χ0v) is 23.6. The number of hydrogen-bond donors (Lipinski definition) is 2. The fourth-order valence-electron chi connectivity index (χ4n) is 4.93. The van der Waals surface area contributed by atoms with E-state index in [1.54, 1.807) is 69.7 Å². The molecular weight excluding hydrogens is 510 g/mol. The first-order chi connectivity index (χ1) is 19.0. The van der Waals surface area contributed by atoms with Crippen molar-refractivity contribution in [2.75, 3.05) is 20.8 Å². The largest absolute Gasteiger partial charge is 0.507 e. The molecule has 3 aromatic rings. The van der Waals surface area contributed by atoms with E-state index in [0.29, 0.717) is 29.2 Å². The van der Waals surface area contributed by atoms with Gasteiger partial charge in [0.1, 0.15) is 17.3 Å². The van der Waals surface area contributed by atoms with Gasteiger partial charge in [0.2, 0.25) is 0 Å². The summed E-state index contributed by atoms with van der Waals surface area (Å²) in [5.74, 6) is -0.433. The second kappa shape index (κ2) is 11.3. The summed E-state index contributed by atoms with van der Waals surface area (Å²) in [6, 6.07) is 16.1. The molecule has 1 aliphatic rings. The van der Waals surface area contributed by atoms with Gasteiger partial charge in [0, 0.05) is 17.7 Å². The lowest BCUT2D eigenvalue weighted by atomic mass is 9.84. The molecule has 8 nitrogen and oxygen atoms in total. The molecule has 1 aliphatic heterocycles. The molecule has 2 N–H and O–H groups in total. The van der Waals surface area contributed by atoms with Crippen LogP contribution < -0.4 is 14.2 Å². The average molecular weight is 546 g/mol. The van der Waals surface area contributed by atoms with Gasteiger partial charge >= 0.3 is 0 Å². The Morgan fingerprint density at radius 1 is 0.950 bits per heavy atom. The minimum atomic E-state index is -0.939. The van der Waals surface area contributed by atoms with Crippen LogP contribution in [0.5, 0.6) is 23.0 Å². The van der Waals surface area contributed by atoms with Crippen molar-refractivity contribution < 1.29 is 34.0 Å². The number of aliphatic hydroxyl groups excluding tert-OH is 1. The number of Topliss-reactive ketones (excluding diaryl/α,β-unsaturated/α-hetero) is 1.